The second-order valence-electron chi connectivity index (χ2n) is 15.4. The summed E-state index contributed by atoms with van der Waals surface area (Å²) in [5.74, 6) is 2.67. The third kappa shape index (κ3) is 9.41. The molecule has 5 aliphatic heterocycles. The first-order valence-electron chi connectivity index (χ1n) is 19.8. The number of aromatic nitrogens is 3. The van der Waals surface area contributed by atoms with Gasteiger partial charge in [-0.3, -0.25) is 14.1 Å². The third-order valence-electron chi connectivity index (χ3n) is 11.8. The van der Waals surface area contributed by atoms with E-state index in [2.05, 4.69) is 78.7 Å². The zero-order valence-electron chi connectivity index (χ0n) is 32.4. The van der Waals surface area contributed by atoms with Crippen molar-refractivity contribution in [2.75, 3.05) is 123 Å². The lowest BCUT2D eigenvalue weighted by atomic mass is 9.95. The summed E-state index contributed by atoms with van der Waals surface area (Å²) in [5, 5.41) is 0. The lowest BCUT2D eigenvalue weighted by Crippen LogP contribution is -2.49. The highest BCUT2D eigenvalue weighted by Gasteiger charge is 2.28. The summed E-state index contributed by atoms with van der Waals surface area (Å²) in [4.78, 5) is 37.9. The maximum atomic E-state index is 12.0. The van der Waals surface area contributed by atoms with Gasteiger partial charge in [0, 0.05) is 122 Å². The molecule has 11 heteroatoms. The molecule has 8 rings (SSSR count). The van der Waals surface area contributed by atoms with Gasteiger partial charge in [0.05, 0.1) is 11.4 Å². The van der Waals surface area contributed by atoms with Crippen LogP contribution in [0.25, 0.3) is 5.78 Å². The number of likely N-dealkylation sites (tertiary alicyclic amines) is 1. The number of anilines is 2. The maximum absolute atomic E-state index is 12.0. The molecular weight excluding hydrogens is 637 g/mol. The fraction of sp³-hybridized carbons (Fsp3) is 0.675. The quantitative estimate of drug-likeness (QED) is 0.376. The molecule has 0 bridgehead atoms. The van der Waals surface area contributed by atoms with Gasteiger partial charge in [0.25, 0.3) is 5.91 Å². The number of amides is 1. The zero-order chi connectivity index (χ0) is 35.9. The van der Waals surface area contributed by atoms with Crippen LogP contribution in [-0.2, 0) is 6.54 Å². The Bertz CT molecular complexity index is 1540. The molecule has 0 atom stereocenters. The Balaban J connectivity index is 0.000000168. The maximum Gasteiger partial charge on any atom is 0.254 e. The first-order chi connectivity index (χ1) is 24.8. The van der Waals surface area contributed by atoms with Gasteiger partial charge < -0.3 is 29.4 Å². The van der Waals surface area contributed by atoms with Gasteiger partial charge in [-0.2, -0.15) is 0 Å². The molecule has 0 spiro atoms. The van der Waals surface area contributed by atoms with Gasteiger partial charge in [0.2, 0.25) is 5.78 Å². The topological polar surface area (TPSA) is 69.9 Å². The minimum Gasteiger partial charge on any atom is -0.372 e. The highest BCUT2D eigenvalue weighted by atomic mass is 16.2. The minimum absolute atomic E-state index is 0.160. The van der Waals surface area contributed by atoms with Crippen molar-refractivity contribution in [2.24, 2.45) is 11.8 Å². The molecule has 0 saturated carbocycles. The van der Waals surface area contributed by atoms with Gasteiger partial charge in [-0.25, -0.2) is 9.97 Å². The van der Waals surface area contributed by atoms with Crippen LogP contribution >= 0.6 is 0 Å². The second kappa shape index (κ2) is 17.5. The Morgan fingerprint density at radius 1 is 0.725 bits per heavy atom. The molecule has 0 N–H and O–H groups in total. The number of carbonyl (C=O) groups excluding carboxylic acids is 1. The minimum atomic E-state index is 0.160. The van der Waals surface area contributed by atoms with Crippen LogP contribution in [0.2, 0.25) is 0 Å². The first kappa shape index (κ1) is 37.5. The van der Waals surface area contributed by atoms with Crippen molar-refractivity contribution >= 4 is 23.1 Å². The molecule has 280 valence electrons. The summed E-state index contributed by atoms with van der Waals surface area (Å²) in [6.07, 6.45) is 11.2. The molecule has 1 aromatic carbocycles. The smallest absolute Gasteiger partial charge is 0.254 e. The van der Waals surface area contributed by atoms with E-state index in [-0.39, 0.29) is 5.91 Å². The lowest BCUT2D eigenvalue weighted by molar-refractivity contribution is 0.0816. The second-order valence-corrected chi connectivity index (χ2v) is 15.4. The molecule has 5 aliphatic rings. The van der Waals surface area contributed by atoms with Crippen LogP contribution in [0.4, 0.5) is 11.4 Å². The normalized spacial score (nSPS) is 21.8. The fourth-order valence-electron chi connectivity index (χ4n) is 8.44. The van der Waals surface area contributed by atoms with Crippen LogP contribution < -0.4 is 9.80 Å². The van der Waals surface area contributed by atoms with E-state index in [9.17, 15) is 4.79 Å². The average molecular weight is 701 g/mol. The number of piperazine rings is 2. The van der Waals surface area contributed by atoms with Crippen LogP contribution in [0.3, 0.4) is 0 Å². The number of piperidine rings is 2. The molecule has 4 fully saturated rings. The van der Waals surface area contributed by atoms with Gasteiger partial charge in [0.1, 0.15) is 0 Å². The Morgan fingerprint density at radius 2 is 1.31 bits per heavy atom. The Labute approximate surface area is 307 Å². The van der Waals surface area contributed by atoms with Crippen molar-refractivity contribution in [3.05, 3.63) is 53.6 Å². The number of fused-ring (bicyclic) bond motifs is 2. The number of aryl methyl sites for hydroxylation is 1. The largest absolute Gasteiger partial charge is 0.372 e. The summed E-state index contributed by atoms with van der Waals surface area (Å²) < 4.78 is 2.02. The molecule has 0 aliphatic carbocycles. The van der Waals surface area contributed by atoms with E-state index in [0.29, 0.717) is 0 Å². The summed E-state index contributed by atoms with van der Waals surface area (Å²) in [5.41, 5.74) is 5.69. The molecule has 3 aromatic rings. The van der Waals surface area contributed by atoms with Crippen molar-refractivity contribution in [1.82, 2.24) is 38.9 Å². The molecule has 51 heavy (non-hydrogen) atoms. The van der Waals surface area contributed by atoms with Crippen LogP contribution in [0, 0.1) is 18.8 Å². The van der Waals surface area contributed by atoms with Crippen LogP contribution in [0.15, 0.2) is 36.8 Å². The SMILES string of the molecule is CC.CN1CCN(CC2CCN(c3ccc4c(c3)CN(C)C4=O)CC2)CC1.Cc1nc2nccn2cc1N1CCN(CC2CCN(C)CC2)CC1. The number of hydrogen-bond donors (Lipinski definition) is 0. The van der Waals surface area contributed by atoms with Gasteiger partial charge in [-0.05, 0) is 95.4 Å². The highest BCUT2D eigenvalue weighted by Crippen LogP contribution is 2.30. The standard InChI is InChI=1S/C20H30N4O.C18H28N6.C2H6/c1-21-9-11-23(12-10-21)14-16-5-7-24(8-6-16)18-3-4-19-17(13-18)15-22(2)20(19)25;1-15-17(14-24-8-5-19-18(24)20-15)23-11-9-22(10-12-23)13-16-3-6-21(2)7-4-16;1-2/h3-4,13,16H,5-12,14-15H2,1-2H3;5,8,14,16H,3-4,6-7,9-13H2,1-2H3;1-2H3. The molecule has 2 aromatic heterocycles. The number of hydrogen-bond acceptors (Lipinski definition) is 9. The van der Waals surface area contributed by atoms with Gasteiger partial charge >= 0.3 is 0 Å². The van der Waals surface area contributed by atoms with E-state index >= 15 is 0 Å². The number of imidazole rings is 1. The Hall–Kier alpha value is -3.25. The molecule has 1 amide bonds. The first-order valence-corrected chi connectivity index (χ1v) is 19.8. The number of benzene rings is 1. The molecular formula is C40H64N10O. The van der Waals surface area contributed by atoms with E-state index < -0.39 is 0 Å². The van der Waals surface area contributed by atoms with Crippen molar-refractivity contribution in [1.29, 1.82) is 0 Å². The van der Waals surface area contributed by atoms with Gasteiger partial charge in [-0.15, -0.1) is 0 Å². The van der Waals surface area contributed by atoms with E-state index in [4.69, 9.17) is 0 Å². The average Bonchev–Trinajstić information content (AvgIpc) is 3.73. The monoisotopic (exact) mass is 701 g/mol. The summed E-state index contributed by atoms with van der Waals surface area (Å²) in [6, 6.07) is 6.39. The Morgan fingerprint density at radius 3 is 1.96 bits per heavy atom. The molecule has 11 nitrogen and oxygen atoms in total. The predicted molar refractivity (Wildman–Crippen MR) is 209 cm³/mol. The van der Waals surface area contributed by atoms with Crippen molar-refractivity contribution in [3.63, 3.8) is 0 Å². The van der Waals surface area contributed by atoms with E-state index in [0.717, 1.165) is 74.7 Å². The Kier molecular flexibility index (Phi) is 12.9. The summed E-state index contributed by atoms with van der Waals surface area (Å²) >= 11 is 0. The van der Waals surface area contributed by atoms with Crippen LogP contribution in [0.5, 0.6) is 0 Å². The van der Waals surface area contributed by atoms with Crippen LogP contribution in [0.1, 0.15) is 61.1 Å². The van der Waals surface area contributed by atoms with Crippen molar-refractivity contribution in [3.8, 4) is 0 Å². The zero-order valence-corrected chi connectivity index (χ0v) is 32.4. The number of nitrogens with zero attached hydrogens (tertiary/aromatic N) is 10. The fourth-order valence-corrected chi connectivity index (χ4v) is 8.44. The van der Waals surface area contributed by atoms with E-state index in [1.165, 1.54) is 95.0 Å². The highest BCUT2D eigenvalue weighted by molar-refractivity contribution is 5.98. The van der Waals surface area contributed by atoms with Crippen LogP contribution in [-0.4, -0.2) is 158 Å². The summed E-state index contributed by atoms with van der Waals surface area (Å²) in [7, 11) is 6.34. The number of rotatable bonds is 6. The van der Waals surface area contributed by atoms with Crippen molar-refractivity contribution < 1.29 is 4.79 Å². The van der Waals surface area contributed by atoms with Gasteiger partial charge in [-0.1, -0.05) is 13.8 Å². The van der Waals surface area contributed by atoms with Gasteiger partial charge in [0.15, 0.2) is 0 Å². The number of likely N-dealkylation sites (N-methyl/N-ethyl adjacent to an activating group) is 1. The predicted octanol–water partition coefficient (Wildman–Crippen LogP) is 4.26. The lowest BCUT2D eigenvalue weighted by Gasteiger charge is -2.39. The van der Waals surface area contributed by atoms with E-state index in [1.54, 1.807) is 4.90 Å². The molecule has 4 saturated heterocycles. The molecule has 7 heterocycles. The summed E-state index contributed by atoms with van der Waals surface area (Å²) in [6.45, 7) is 23.6. The number of carbonyl (C=O) groups is 1. The third-order valence-corrected chi connectivity index (χ3v) is 11.8. The van der Waals surface area contributed by atoms with Crippen molar-refractivity contribution in [2.45, 2.75) is 53.0 Å². The molecule has 0 unspecified atom stereocenters. The molecule has 0 radical (unpaired) electrons. The van der Waals surface area contributed by atoms with E-state index in [1.807, 2.05) is 43.8 Å².